The Bertz CT molecular complexity index is 3120. The summed E-state index contributed by atoms with van der Waals surface area (Å²) in [4.78, 5) is 2.37. The van der Waals surface area contributed by atoms with Crippen molar-refractivity contribution in [2.24, 2.45) is 0 Å². The van der Waals surface area contributed by atoms with Gasteiger partial charge in [-0.2, -0.15) is 0 Å². The average molecular weight is 677 g/mol. The predicted octanol–water partition coefficient (Wildman–Crippen LogP) is 14.1. The number of aromatic nitrogens is 1. The van der Waals surface area contributed by atoms with Gasteiger partial charge < -0.3 is 13.9 Å². The van der Waals surface area contributed by atoms with Crippen molar-refractivity contribution in [3.05, 3.63) is 194 Å². The summed E-state index contributed by atoms with van der Waals surface area (Å²) in [6, 6.07) is 69.7. The summed E-state index contributed by atoms with van der Waals surface area (Å²) in [5.74, 6) is 0. The number of fused-ring (bicyclic) bond motifs is 9. The quantitative estimate of drug-likeness (QED) is 0.169. The monoisotopic (exact) mass is 676 g/mol. The number of hydrogen-bond acceptors (Lipinski definition) is 2. The zero-order valence-electron chi connectivity index (χ0n) is 28.8. The summed E-state index contributed by atoms with van der Waals surface area (Å²) >= 11 is 0. The van der Waals surface area contributed by atoms with Crippen LogP contribution in [-0.2, 0) is 0 Å². The molecule has 0 radical (unpaired) electrons. The molecule has 0 aliphatic carbocycles. The maximum atomic E-state index is 6.68. The van der Waals surface area contributed by atoms with E-state index in [4.69, 9.17) is 4.42 Å². The van der Waals surface area contributed by atoms with Crippen LogP contribution in [0.5, 0.6) is 0 Å². The summed E-state index contributed by atoms with van der Waals surface area (Å²) < 4.78 is 9.05. The second-order valence-electron chi connectivity index (χ2n) is 13.7. The second-order valence-corrected chi connectivity index (χ2v) is 13.7. The minimum atomic E-state index is 0.881. The molecule has 0 amide bonds. The fraction of sp³-hybridized carbons (Fsp3) is 0. The van der Waals surface area contributed by atoms with Gasteiger partial charge >= 0.3 is 0 Å². The van der Waals surface area contributed by atoms with Crippen LogP contribution in [0.2, 0.25) is 0 Å². The van der Waals surface area contributed by atoms with E-state index < -0.39 is 0 Å². The number of hydrogen-bond donors (Lipinski definition) is 0. The molecule has 0 saturated heterocycles. The van der Waals surface area contributed by atoms with E-state index in [1.165, 1.54) is 43.4 Å². The Morgan fingerprint density at radius 3 is 1.72 bits per heavy atom. The van der Waals surface area contributed by atoms with E-state index in [0.717, 1.165) is 55.8 Å². The fourth-order valence-corrected chi connectivity index (χ4v) is 8.30. The van der Waals surface area contributed by atoms with E-state index in [1.54, 1.807) is 0 Å². The van der Waals surface area contributed by atoms with Crippen molar-refractivity contribution in [2.75, 3.05) is 4.90 Å². The average Bonchev–Trinajstić information content (AvgIpc) is 3.77. The molecule has 0 spiro atoms. The molecule has 53 heavy (non-hydrogen) atoms. The van der Waals surface area contributed by atoms with E-state index in [1.807, 2.05) is 6.07 Å². The maximum absolute atomic E-state index is 6.68. The minimum absolute atomic E-state index is 0.881. The number of rotatable bonds is 5. The molecule has 2 heterocycles. The van der Waals surface area contributed by atoms with Crippen molar-refractivity contribution < 1.29 is 4.42 Å². The SMILES string of the molecule is c1ccc(N(c2ccc3ccc4ccccc4c3c2)c2cc(-c3ccc(-n4c5ccccc5c5ccccc54)cc3)c3oc4ccccc4c3c2)cc1. The molecule has 0 fully saturated rings. The highest BCUT2D eigenvalue weighted by molar-refractivity contribution is 6.13. The molecule has 0 unspecified atom stereocenters. The van der Waals surface area contributed by atoms with Gasteiger partial charge in [-0.1, -0.05) is 127 Å². The molecule has 3 heteroatoms. The lowest BCUT2D eigenvalue weighted by Crippen LogP contribution is -2.10. The third kappa shape index (κ3) is 4.68. The Hall–Kier alpha value is -7.10. The number of furan rings is 1. The summed E-state index contributed by atoms with van der Waals surface area (Å²) in [5.41, 5.74) is 10.7. The highest BCUT2D eigenvalue weighted by Crippen LogP contribution is 2.44. The van der Waals surface area contributed by atoms with Gasteiger partial charge in [0.25, 0.3) is 0 Å². The fourth-order valence-electron chi connectivity index (χ4n) is 8.30. The largest absolute Gasteiger partial charge is 0.455 e. The first-order valence-corrected chi connectivity index (χ1v) is 18.1. The lowest BCUT2D eigenvalue weighted by atomic mass is 9.99. The first-order chi connectivity index (χ1) is 26.3. The third-order valence-corrected chi connectivity index (χ3v) is 10.7. The van der Waals surface area contributed by atoms with Crippen LogP contribution in [-0.4, -0.2) is 4.57 Å². The van der Waals surface area contributed by atoms with Gasteiger partial charge in [0.05, 0.1) is 11.0 Å². The first-order valence-electron chi connectivity index (χ1n) is 18.1. The van der Waals surface area contributed by atoms with E-state index in [0.29, 0.717) is 0 Å². The van der Waals surface area contributed by atoms with Gasteiger partial charge in [-0.3, -0.25) is 0 Å². The van der Waals surface area contributed by atoms with Gasteiger partial charge in [-0.15, -0.1) is 0 Å². The molecule has 11 aromatic rings. The molecule has 3 nitrogen and oxygen atoms in total. The van der Waals surface area contributed by atoms with Crippen molar-refractivity contribution in [2.45, 2.75) is 0 Å². The molecule has 2 aromatic heterocycles. The smallest absolute Gasteiger partial charge is 0.143 e. The van der Waals surface area contributed by atoms with Gasteiger partial charge in [0, 0.05) is 49.9 Å². The van der Waals surface area contributed by atoms with Crippen LogP contribution in [0.25, 0.3) is 82.1 Å². The molecule has 0 atom stereocenters. The highest BCUT2D eigenvalue weighted by Gasteiger charge is 2.20. The van der Waals surface area contributed by atoms with Crippen LogP contribution in [0.15, 0.2) is 199 Å². The standard InChI is InChI=1S/C50H32N2O/c1-2-13-36(14-3-1)51(38-29-26-34-23-22-33-12-4-5-15-40(33)44(34)30-38)39-31-45(50-46(32-39)43-18-8-11-21-49(43)53-50)35-24-27-37(28-25-35)52-47-19-9-6-16-41(47)42-17-7-10-20-48(42)52/h1-32H. The summed E-state index contributed by atoms with van der Waals surface area (Å²) in [6.07, 6.45) is 0. The number of anilines is 3. The van der Waals surface area contributed by atoms with Crippen LogP contribution in [0.3, 0.4) is 0 Å². The van der Waals surface area contributed by atoms with Crippen molar-refractivity contribution in [1.82, 2.24) is 4.57 Å². The van der Waals surface area contributed by atoms with Crippen LogP contribution < -0.4 is 4.90 Å². The Kier molecular flexibility index (Phi) is 6.55. The van der Waals surface area contributed by atoms with E-state index in [9.17, 15) is 0 Å². The maximum Gasteiger partial charge on any atom is 0.143 e. The number of para-hydroxylation sites is 4. The molecule has 0 aliphatic rings. The zero-order valence-corrected chi connectivity index (χ0v) is 28.8. The van der Waals surface area contributed by atoms with E-state index in [-0.39, 0.29) is 0 Å². The van der Waals surface area contributed by atoms with Crippen molar-refractivity contribution in [3.63, 3.8) is 0 Å². The molecular formula is C50H32N2O. The third-order valence-electron chi connectivity index (χ3n) is 10.7. The normalized spacial score (nSPS) is 11.8. The predicted molar refractivity (Wildman–Crippen MR) is 223 cm³/mol. The lowest BCUT2D eigenvalue weighted by Gasteiger charge is -2.27. The van der Waals surface area contributed by atoms with Crippen LogP contribution in [0.1, 0.15) is 0 Å². The van der Waals surface area contributed by atoms with Crippen LogP contribution >= 0.6 is 0 Å². The topological polar surface area (TPSA) is 21.3 Å². The van der Waals surface area contributed by atoms with Gasteiger partial charge in [-0.25, -0.2) is 0 Å². The summed E-state index contributed by atoms with van der Waals surface area (Å²) in [7, 11) is 0. The van der Waals surface area contributed by atoms with Gasteiger partial charge in [0.15, 0.2) is 0 Å². The van der Waals surface area contributed by atoms with Crippen molar-refractivity contribution in [1.29, 1.82) is 0 Å². The Morgan fingerprint density at radius 2 is 0.962 bits per heavy atom. The van der Waals surface area contributed by atoms with E-state index >= 15 is 0 Å². The molecular weight excluding hydrogens is 645 g/mol. The van der Waals surface area contributed by atoms with Gasteiger partial charge in [-0.05, 0) is 93.8 Å². The van der Waals surface area contributed by atoms with Crippen molar-refractivity contribution in [3.8, 4) is 16.8 Å². The Morgan fingerprint density at radius 1 is 0.377 bits per heavy atom. The molecule has 11 rings (SSSR count). The number of benzene rings is 9. The van der Waals surface area contributed by atoms with Crippen LogP contribution in [0, 0.1) is 0 Å². The zero-order chi connectivity index (χ0) is 34.9. The van der Waals surface area contributed by atoms with Crippen LogP contribution in [0.4, 0.5) is 17.1 Å². The molecule has 248 valence electrons. The van der Waals surface area contributed by atoms with E-state index in [2.05, 4.69) is 198 Å². The van der Waals surface area contributed by atoms with Gasteiger partial charge in [0.2, 0.25) is 0 Å². The highest BCUT2D eigenvalue weighted by atomic mass is 16.3. The van der Waals surface area contributed by atoms with Gasteiger partial charge in [0.1, 0.15) is 11.2 Å². The molecule has 9 aromatic carbocycles. The summed E-state index contributed by atoms with van der Waals surface area (Å²) in [5, 5.41) is 9.65. The second kappa shape index (κ2) is 11.7. The first kappa shape index (κ1) is 29.6. The number of nitrogens with zero attached hydrogens (tertiary/aromatic N) is 2. The molecule has 0 aliphatic heterocycles. The Balaban J connectivity index is 1.13. The lowest BCUT2D eigenvalue weighted by molar-refractivity contribution is 0.670. The molecule has 0 bridgehead atoms. The minimum Gasteiger partial charge on any atom is -0.455 e. The molecule has 0 saturated carbocycles. The van der Waals surface area contributed by atoms with Crippen molar-refractivity contribution >= 4 is 82.4 Å². The Labute approximate surface area is 306 Å². The molecule has 0 N–H and O–H groups in total. The summed E-state index contributed by atoms with van der Waals surface area (Å²) in [6.45, 7) is 0.